The van der Waals surface area contributed by atoms with Gasteiger partial charge in [0.1, 0.15) is 11.6 Å². The van der Waals surface area contributed by atoms with Crippen LogP contribution in [0.1, 0.15) is 33.4 Å². The van der Waals surface area contributed by atoms with Gasteiger partial charge in [-0.15, -0.1) is 0 Å². The third-order valence-electron chi connectivity index (χ3n) is 4.76. The summed E-state index contributed by atoms with van der Waals surface area (Å²) in [6, 6.07) is 13.2. The predicted octanol–water partition coefficient (Wildman–Crippen LogP) is 4.61. The quantitative estimate of drug-likeness (QED) is 0.597. The Morgan fingerprint density at radius 2 is 1.75 bits per heavy atom. The molecule has 0 amide bonds. The molecule has 2 N–H and O–H groups in total. The van der Waals surface area contributed by atoms with Gasteiger partial charge in [-0.1, -0.05) is 24.3 Å². The summed E-state index contributed by atoms with van der Waals surface area (Å²) in [4.78, 5) is 16.1. The molecule has 3 rings (SSSR count). The van der Waals surface area contributed by atoms with Crippen LogP contribution in [0.4, 0.5) is 17.6 Å². The summed E-state index contributed by atoms with van der Waals surface area (Å²) in [5.41, 5.74) is 0.907. The zero-order valence-corrected chi connectivity index (χ0v) is 17.4. The Hall–Kier alpha value is -2.73. The largest absolute Gasteiger partial charge is 0.369 e. The highest BCUT2D eigenvalue weighted by Crippen LogP contribution is 2.23. The zero-order chi connectivity index (χ0) is 20.1. The van der Waals surface area contributed by atoms with E-state index in [0.29, 0.717) is 18.0 Å². The van der Waals surface area contributed by atoms with E-state index in [2.05, 4.69) is 64.2 Å². The van der Waals surface area contributed by atoms with Crippen LogP contribution in [-0.4, -0.2) is 45.0 Å². The molecule has 0 bridgehead atoms. The first-order valence-electron chi connectivity index (χ1n) is 9.90. The van der Waals surface area contributed by atoms with Crippen molar-refractivity contribution >= 4 is 28.4 Å². The zero-order valence-electron chi connectivity index (χ0n) is 17.4. The molecule has 0 unspecified atom stereocenters. The number of anilines is 3. The minimum absolute atomic E-state index is 0.517. The molecule has 0 saturated carbocycles. The third-order valence-corrected chi connectivity index (χ3v) is 4.76. The Kier molecular flexibility index (Phi) is 6.41. The molecule has 0 spiro atoms. The highest BCUT2D eigenvalue weighted by atomic mass is 15.2. The second-order valence-electron chi connectivity index (χ2n) is 7.58. The molecular formula is C22H30N6. The molecule has 0 aliphatic rings. The van der Waals surface area contributed by atoms with Crippen molar-refractivity contribution in [3.8, 4) is 0 Å². The average Bonchev–Trinajstić information content (AvgIpc) is 2.64. The fourth-order valence-electron chi connectivity index (χ4n) is 3.47. The highest BCUT2D eigenvalue weighted by Gasteiger charge is 2.13. The topological polar surface area (TPSA) is 66.0 Å². The van der Waals surface area contributed by atoms with Crippen LogP contribution in [0.3, 0.4) is 0 Å². The van der Waals surface area contributed by atoms with Crippen LogP contribution < -0.4 is 10.6 Å². The number of hydrogen-bond acceptors (Lipinski definition) is 6. The summed E-state index contributed by atoms with van der Waals surface area (Å²) in [6.07, 6.45) is 1.80. The molecule has 6 heteroatoms. The molecule has 28 heavy (non-hydrogen) atoms. The third kappa shape index (κ3) is 4.95. The average molecular weight is 379 g/mol. The molecule has 0 saturated heterocycles. The first-order valence-corrected chi connectivity index (χ1v) is 9.90. The van der Waals surface area contributed by atoms with Gasteiger partial charge in [-0.2, -0.15) is 4.98 Å². The summed E-state index contributed by atoms with van der Waals surface area (Å²) >= 11 is 0. The molecule has 1 aromatic carbocycles. The molecular weight excluding hydrogens is 348 g/mol. The van der Waals surface area contributed by atoms with Gasteiger partial charge in [0, 0.05) is 48.5 Å². The van der Waals surface area contributed by atoms with E-state index < -0.39 is 0 Å². The summed E-state index contributed by atoms with van der Waals surface area (Å²) in [5, 5.41) is 8.90. The van der Waals surface area contributed by atoms with Gasteiger partial charge in [-0.3, -0.25) is 4.90 Å². The van der Waals surface area contributed by atoms with Crippen LogP contribution in [0.25, 0.3) is 10.8 Å². The van der Waals surface area contributed by atoms with Crippen LogP contribution >= 0.6 is 0 Å². The second kappa shape index (κ2) is 8.97. The highest BCUT2D eigenvalue weighted by molar-refractivity contribution is 5.92. The van der Waals surface area contributed by atoms with E-state index in [-0.39, 0.29) is 0 Å². The van der Waals surface area contributed by atoms with Crippen molar-refractivity contribution in [2.75, 3.05) is 23.7 Å². The molecule has 0 radical (unpaired) electrons. The fraction of sp³-hybridized carbons (Fsp3) is 0.409. The molecule has 0 aliphatic carbocycles. The van der Waals surface area contributed by atoms with E-state index in [4.69, 9.17) is 0 Å². The van der Waals surface area contributed by atoms with Crippen molar-refractivity contribution < 1.29 is 0 Å². The first kappa shape index (κ1) is 20.0. The molecule has 2 heterocycles. The van der Waals surface area contributed by atoms with Crippen molar-refractivity contribution in [1.82, 2.24) is 19.9 Å². The van der Waals surface area contributed by atoms with Gasteiger partial charge in [0.15, 0.2) is 0 Å². The number of fused-ring (bicyclic) bond motifs is 1. The van der Waals surface area contributed by atoms with Gasteiger partial charge in [0.05, 0.1) is 0 Å². The Bertz CT molecular complexity index is 909. The number of aryl methyl sites for hydroxylation is 1. The van der Waals surface area contributed by atoms with Gasteiger partial charge >= 0.3 is 0 Å². The number of nitrogens with zero attached hydrogens (tertiary/aromatic N) is 4. The van der Waals surface area contributed by atoms with Crippen LogP contribution in [-0.2, 0) is 0 Å². The maximum atomic E-state index is 4.63. The van der Waals surface area contributed by atoms with Crippen LogP contribution in [0.2, 0.25) is 0 Å². The summed E-state index contributed by atoms with van der Waals surface area (Å²) in [6.45, 7) is 12.7. The van der Waals surface area contributed by atoms with Gasteiger partial charge < -0.3 is 10.6 Å². The smallest absolute Gasteiger partial charge is 0.230 e. The van der Waals surface area contributed by atoms with E-state index >= 15 is 0 Å². The molecule has 0 atom stereocenters. The first-order chi connectivity index (χ1) is 13.4. The van der Waals surface area contributed by atoms with Crippen molar-refractivity contribution in [2.24, 2.45) is 0 Å². The van der Waals surface area contributed by atoms with Crippen molar-refractivity contribution in [3.05, 3.63) is 48.3 Å². The monoisotopic (exact) mass is 378 g/mol. The van der Waals surface area contributed by atoms with E-state index in [9.17, 15) is 0 Å². The maximum absolute atomic E-state index is 4.63. The number of rotatable bonds is 8. The van der Waals surface area contributed by atoms with Crippen LogP contribution in [0.15, 0.2) is 42.6 Å². The Morgan fingerprint density at radius 3 is 2.50 bits per heavy atom. The number of nitrogens with one attached hydrogen (secondary N) is 2. The van der Waals surface area contributed by atoms with Crippen molar-refractivity contribution in [3.63, 3.8) is 0 Å². The number of hydrogen-bond donors (Lipinski definition) is 2. The van der Waals surface area contributed by atoms with E-state index in [1.54, 1.807) is 6.20 Å². The lowest BCUT2D eigenvalue weighted by molar-refractivity contribution is 0.182. The lowest BCUT2D eigenvalue weighted by Gasteiger charge is -2.30. The molecule has 0 fully saturated rings. The Labute approximate surface area is 167 Å². The van der Waals surface area contributed by atoms with Gasteiger partial charge in [-0.25, -0.2) is 9.97 Å². The molecule has 6 nitrogen and oxygen atoms in total. The lowest BCUT2D eigenvalue weighted by atomic mass is 10.1. The number of benzene rings is 1. The summed E-state index contributed by atoms with van der Waals surface area (Å²) < 4.78 is 0. The van der Waals surface area contributed by atoms with Gasteiger partial charge in [-0.05, 0) is 46.1 Å². The lowest BCUT2D eigenvalue weighted by Crippen LogP contribution is -2.40. The van der Waals surface area contributed by atoms with Crippen molar-refractivity contribution in [1.29, 1.82) is 0 Å². The predicted molar refractivity (Wildman–Crippen MR) is 117 cm³/mol. The van der Waals surface area contributed by atoms with E-state index in [0.717, 1.165) is 41.2 Å². The summed E-state index contributed by atoms with van der Waals surface area (Å²) in [5.74, 6) is 2.14. The minimum atomic E-state index is 0.517. The minimum Gasteiger partial charge on any atom is -0.369 e. The summed E-state index contributed by atoms with van der Waals surface area (Å²) in [7, 11) is 0. The molecule has 0 aliphatic heterocycles. The van der Waals surface area contributed by atoms with Crippen LogP contribution in [0, 0.1) is 6.92 Å². The van der Waals surface area contributed by atoms with Gasteiger partial charge in [0.2, 0.25) is 5.95 Å². The van der Waals surface area contributed by atoms with E-state index in [1.807, 2.05) is 37.3 Å². The molecule has 148 valence electrons. The second-order valence-corrected chi connectivity index (χ2v) is 7.58. The standard InChI is InChI=1S/C22H30N6/c1-15(2)28(16(3)4)13-12-23-20-14-17(5)25-22(26-20)27-21-19-9-7-6-8-18(19)10-11-24-21/h6-11,14-16H,12-13H2,1-5H3,(H2,23,24,25,26,27). The SMILES string of the molecule is Cc1cc(NCCN(C(C)C)C(C)C)nc(Nc2nccc3ccccc23)n1. The number of pyridine rings is 1. The van der Waals surface area contributed by atoms with Gasteiger partial charge in [0.25, 0.3) is 0 Å². The fourth-order valence-corrected chi connectivity index (χ4v) is 3.47. The normalized spacial score (nSPS) is 11.6. The Balaban J connectivity index is 1.73. The maximum Gasteiger partial charge on any atom is 0.230 e. The van der Waals surface area contributed by atoms with Crippen LogP contribution in [0.5, 0.6) is 0 Å². The Morgan fingerprint density at radius 1 is 1.00 bits per heavy atom. The van der Waals surface area contributed by atoms with E-state index in [1.165, 1.54) is 0 Å². The number of aromatic nitrogens is 3. The molecule has 3 aromatic rings. The van der Waals surface area contributed by atoms with Crippen molar-refractivity contribution in [2.45, 2.75) is 46.7 Å². The molecule has 2 aromatic heterocycles.